The number of halogens is 1. The van der Waals surface area contributed by atoms with Gasteiger partial charge in [-0.1, -0.05) is 11.6 Å². The summed E-state index contributed by atoms with van der Waals surface area (Å²) in [7, 11) is -4.01. The molecule has 1 rings (SSSR count). The fourth-order valence-electron chi connectivity index (χ4n) is 1.60. The van der Waals surface area contributed by atoms with Crippen molar-refractivity contribution < 1.29 is 13.2 Å². The van der Waals surface area contributed by atoms with Gasteiger partial charge >= 0.3 is 0 Å². The second kappa shape index (κ2) is 6.22. The van der Waals surface area contributed by atoms with E-state index >= 15 is 0 Å². The Labute approximate surface area is 122 Å². The summed E-state index contributed by atoms with van der Waals surface area (Å²) in [6.07, 6.45) is 0. The number of nitrogens with zero attached hydrogens (tertiary/aromatic N) is 2. The molecule has 0 unspecified atom stereocenters. The third-order valence-corrected chi connectivity index (χ3v) is 5.04. The number of hydrogen-bond acceptors (Lipinski definition) is 4. The predicted molar refractivity (Wildman–Crippen MR) is 74.4 cm³/mol. The largest absolute Gasteiger partial charge is 0.369 e. The minimum atomic E-state index is -4.01. The lowest BCUT2D eigenvalue weighted by atomic mass is 10.2. The van der Waals surface area contributed by atoms with Gasteiger partial charge in [0.05, 0.1) is 23.2 Å². The highest BCUT2D eigenvalue weighted by molar-refractivity contribution is 7.89. The molecule has 1 aromatic rings. The molecule has 0 aliphatic carbocycles. The standard InChI is InChI=1S/C12H14ClN3O3S/c1-8(2)16(7-12(15)17)20(18,19)11-5-9(6-14)3-4-10(11)13/h3-5,8H,7H2,1-2H3,(H2,15,17). The summed E-state index contributed by atoms with van der Waals surface area (Å²) in [6.45, 7) is 2.78. The van der Waals surface area contributed by atoms with Crippen molar-refractivity contribution in [2.45, 2.75) is 24.8 Å². The summed E-state index contributed by atoms with van der Waals surface area (Å²) in [5.41, 5.74) is 5.23. The minimum Gasteiger partial charge on any atom is -0.369 e. The molecule has 0 fully saturated rings. The van der Waals surface area contributed by atoms with Crippen LogP contribution in [0.4, 0.5) is 0 Å². The van der Waals surface area contributed by atoms with E-state index in [1.165, 1.54) is 18.2 Å². The van der Waals surface area contributed by atoms with Gasteiger partial charge in [-0.15, -0.1) is 0 Å². The summed E-state index contributed by atoms with van der Waals surface area (Å²) in [6, 6.07) is 5.28. The molecule has 2 N–H and O–H groups in total. The third kappa shape index (κ3) is 3.48. The van der Waals surface area contributed by atoms with Crippen LogP contribution in [0.2, 0.25) is 5.02 Å². The first-order valence-electron chi connectivity index (χ1n) is 5.70. The number of amides is 1. The molecule has 0 atom stereocenters. The van der Waals surface area contributed by atoms with Crippen LogP contribution in [0.5, 0.6) is 0 Å². The average Bonchev–Trinajstić information content (AvgIpc) is 2.35. The van der Waals surface area contributed by atoms with Crippen molar-refractivity contribution in [3.63, 3.8) is 0 Å². The number of rotatable bonds is 5. The van der Waals surface area contributed by atoms with Crippen molar-refractivity contribution in [2.75, 3.05) is 6.54 Å². The van der Waals surface area contributed by atoms with Gasteiger partial charge in [0, 0.05) is 6.04 Å². The molecule has 0 saturated heterocycles. The summed E-state index contributed by atoms with van der Waals surface area (Å²) in [5.74, 6) is -0.769. The van der Waals surface area contributed by atoms with Crippen LogP contribution < -0.4 is 5.73 Å². The SMILES string of the molecule is CC(C)N(CC(N)=O)S(=O)(=O)c1cc(C#N)ccc1Cl. The molecule has 8 heteroatoms. The van der Waals surface area contributed by atoms with Gasteiger partial charge in [-0.2, -0.15) is 9.57 Å². The maximum atomic E-state index is 12.5. The number of hydrogen-bond donors (Lipinski definition) is 1. The molecular weight excluding hydrogens is 302 g/mol. The Bertz CT molecular complexity index is 665. The second-order valence-electron chi connectivity index (χ2n) is 4.37. The second-order valence-corrected chi connectivity index (χ2v) is 6.63. The highest BCUT2D eigenvalue weighted by Gasteiger charge is 2.30. The first-order chi connectivity index (χ1) is 9.20. The Morgan fingerprint density at radius 2 is 2.10 bits per heavy atom. The van der Waals surface area contributed by atoms with Gasteiger partial charge < -0.3 is 5.73 Å². The van der Waals surface area contributed by atoms with E-state index in [9.17, 15) is 13.2 Å². The molecule has 0 radical (unpaired) electrons. The van der Waals surface area contributed by atoms with E-state index in [2.05, 4.69) is 0 Å². The van der Waals surface area contributed by atoms with Crippen molar-refractivity contribution in [3.05, 3.63) is 28.8 Å². The molecule has 1 amide bonds. The van der Waals surface area contributed by atoms with Crippen molar-refractivity contribution >= 4 is 27.5 Å². The highest BCUT2D eigenvalue weighted by Crippen LogP contribution is 2.26. The lowest BCUT2D eigenvalue weighted by Crippen LogP contribution is -2.42. The van der Waals surface area contributed by atoms with Crippen molar-refractivity contribution in [3.8, 4) is 6.07 Å². The first kappa shape index (κ1) is 16.4. The molecule has 0 aliphatic rings. The smallest absolute Gasteiger partial charge is 0.245 e. The summed E-state index contributed by atoms with van der Waals surface area (Å²) >= 11 is 5.89. The maximum Gasteiger partial charge on any atom is 0.245 e. The van der Waals surface area contributed by atoms with E-state index in [0.29, 0.717) is 0 Å². The van der Waals surface area contributed by atoms with E-state index in [1.807, 2.05) is 6.07 Å². The summed E-state index contributed by atoms with van der Waals surface area (Å²) < 4.78 is 26.0. The number of sulfonamides is 1. The zero-order valence-electron chi connectivity index (χ0n) is 11.0. The van der Waals surface area contributed by atoms with Gasteiger partial charge in [-0.25, -0.2) is 8.42 Å². The molecule has 0 heterocycles. The van der Waals surface area contributed by atoms with Gasteiger partial charge in [0.2, 0.25) is 15.9 Å². The van der Waals surface area contributed by atoms with Gasteiger partial charge in [-0.3, -0.25) is 4.79 Å². The molecule has 6 nitrogen and oxygen atoms in total. The lowest BCUT2D eigenvalue weighted by molar-refractivity contribution is -0.118. The monoisotopic (exact) mass is 315 g/mol. The van der Waals surface area contributed by atoms with E-state index in [1.54, 1.807) is 13.8 Å². The molecule has 0 bridgehead atoms. The Balaban J connectivity index is 3.41. The quantitative estimate of drug-likeness (QED) is 0.878. The number of carbonyl (C=O) groups is 1. The number of primary amides is 1. The van der Waals surface area contributed by atoms with E-state index in [0.717, 1.165) is 4.31 Å². The molecule has 0 aliphatic heterocycles. The Morgan fingerprint density at radius 1 is 1.50 bits per heavy atom. The van der Waals surface area contributed by atoms with Crippen LogP contribution in [0.25, 0.3) is 0 Å². The van der Waals surface area contributed by atoms with Gasteiger partial charge in [0.1, 0.15) is 4.90 Å². The summed E-state index contributed by atoms with van der Waals surface area (Å²) in [4.78, 5) is 10.8. The van der Waals surface area contributed by atoms with Crippen LogP contribution >= 0.6 is 11.6 Å². The maximum absolute atomic E-state index is 12.5. The number of nitriles is 1. The Morgan fingerprint density at radius 3 is 2.55 bits per heavy atom. The van der Waals surface area contributed by atoms with E-state index in [-0.39, 0.29) is 15.5 Å². The molecule has 0 spiro atoms. The molecule has 0 saturated carbocycles. The van der Waals surface area contributed by atoms with Crippen LogP contribution in [0.3, 0.4) is 0 Å². The van der Waals surface area contributed by atoms with Crippen LogP contribution in [0.15, 0.2) is 23.1 Å². The van der Waals surface area contributed by atoms with Crippen LogP contribution in [-0.4, -0.2) is 31.2 Å². The topological polar surface area (TPSA) is 104 Å². The summed E-state index contributed by atoms with van der Waals surface area (Å²) in [5, 5.41) is 8.82. The normalized spacial score (nSPS) is 11.6. The molecule has 0 aromatic heterocycles. The number of carbonyl (C=O) groups excluding carboxylic acids is 1. The first-order valence-corrected chi connectivity index (χ1v) is 7.51. The zero-order chi connectivity index (χ0) is 15.5. The van der Waals surface area contributed by atoms with Gasteiger partial charge in [-0.05, 0) is 32.0 Å². The fourth-order valence-corrected chi connectivity index (χ4v) is 3.70. The molecule has 20 heavy (non-hydrogen) atoms. The van der Waals surface area contributed by atoms with E-state index < -0.39 is 28.5 Å². The molecule has 1 aromatic carbocycles. The predicted octanol–water partition coefficient (Wildman–Crippen LogP) is 1.10. The van der Waals surface area contributed by atoms with Crippen LogP contribution in [0.1, 0.15) is 19.4 Å². The fraction of sp³-hybridized carbons (Fsp3) is 0.333. The van der Waals surface area contributed by atoms with Gasteiger partial charge in [0.25, 0.3) is 0 Å². The van der Waals surface area contributed by atoms with Crippen LogP contribution in [-0.2, 0) is 14.8 Å². The van der Waals surface area contributed by atoms with E-state index in [4.69, 9.17) is 22.6 Å². The highest BCUT2D eigenvalue weighted by atomic mass is 35.5. The number of benzene rings is 1. The Hall–Kier alpha value is -1.62. The van der Waals surface area contributed by atoms with Crippen molar-refractivity contribution in [1.29, 1.82) is 5.26 Å². The van der Waals surface area contributed by atoms with Crippen LogP contribution in [0, 0.1) is 11.3 Å². The third-order valence-electron chi connectivity index (χ3n) is 2.53. The Kier molecular flexibility index (Phi) is 5.11. The molecular formula is C12H14ClN3O3S. The minimum absolute atomic E-state index is 0.0147. The average molecular weight is 316 g/mol. The zero-order valence-corrected chi connectivity index (χ0v) is 12.6. The number of nitrogens with two attached hydrogens (primary N) is 1. The van der Waals surface area contributed by atoms with Crippen molar-refractivity contribution in [2.24, 2.45) is 5.73 Å². The van der Waals surface area contributed by atoms with Gasteiger partial charge in [0.15, 0.2) is 0 Å². The van der Waals surface area contributed by atoms with Crippen molar-refractivity contribution in [1.82, 2.24) is 4.31 Å². The lowest BCUT2D eigenvalue weighted by Gasteiger charge is -2.25. The molecule has 108 valence electrons.